The summed E-state index contributed by atoms with van der Waals surface area (Å²) in [5.41, 5.74) is 7.43. The van der Waals surface area contributed by atoms with E-state index in [1.165, 1.54) is 29.9 Å². The predicted octanol–water partition coefficient (Wildman–Crippen LogP) is 6.27. The van der Waals surface area contributed by atoms with Gasteiger partial charge in [0.1, 0.15) is 17.8 Å². The van der Waals surface area contributed by atoms with Crippen LogP contribution in [0.1, 0.15) is 35.2 Å². The minimum atomic E-state index is -0.361. The first-order valence-electron chi connectivity index (χ1n) is 12.9. The number of rotatable bonds is 10. The molecule has 0 aliphatic carbocycles. The van der Waals surface area contributed by atoms with Gasteiger partial charge in [0, 0.05) is 30.9 Å². The van der Waals surface area contributed by atoms with Crippen molar-refractivity contribution in [1.82, 2.24) is 20.3 Å². The van der Waals surface area contributed by atoms with Crippen LogP contribution in [0.15, 0.2) is 97.3 Å². The molecule has 0 aliphatic heterocycles. The van der Waals surface area contributed by atoms with E-state index in [0.717, 1.165) is 46.8 Å². The summed E-state index contributed by atoms with van der Waals surface area (Å²) in [6, 6.07) is 29.1. The fraction of sp³-hybridized carbons (Fsp3) is 0.156. The molecule has 0 amide bonds. The number of carbonyl (C=O) groups is 1. The summed E-state index contributed by atoms with van der Waals surface area (Å²) in [4.78, 5) is 23.6. The van der Waals surface area contributed by atoms with Gasteiger partial charge in [-0.15, -0.1) is 0 Å². The number of nitrogens with one attached hydrogen (secondary N) is 3. The number of hydrogen-bond donors (Lipinski definition) is 3. The molecule has 1 atom stereocenters. The summed E-state index contributed by atoms with van der Waals surface area (Å²) in [7, 11) is 1.37. The summed E-state index contributed by atoms with van der Waals surface area (Å²) >= 11 is 0. The van der Waals surface area contributed by atoms with Crippen LogP contribution in [0.4, 0.5) is 5.82 Å². The standard InChI is InChI=1S/C32H31N5O2/c1-22(26-6-4-3-5-7-26)36-31-28-18-29(37-32(28)35-21-34-31)27-15-12-25(13-16-27)20-33-19-24-10-8-23(9-11-24)14-17-30(38)39-2/h3-18,21-22,33H,19-20H2,1-2H3,(H2,34,35,36,37)/b17-14+. The molecule has 2 heterocycles. The molecule has 0 saturated heterocycles. The lowest BCUT2D eigenvalue weighted by Gasteiger charge is -2.15. The van der Waals surface area contributed by atoms with Crippen molar-refractivity contribution in [2.75, 3.05) is 12.4 Å². The van der Waals surface area contributed by atoms with Crippen LogP contribution >= 0.6 is 0 Å². The van der Waals surface area contributed by atoms with Crippen molar-refractivity contribution in [2.45, 2.75) is 26.1 Å². The Morgan fingerprint density at radius 1 is 0.949 bits per heavy atom. The number of fused-ring (bicyclic) bond motifs is 1. The monoisotopic (exact) mass is 517 g/mol. The number of methoxy groups -OCH3 is 1. The smallest absolute Gasteiger partial charge is 0.330 e. The molecule has 196 valence electrons. The first kappa shape index (κ1) is 25.9. The average molecular weight is 518 g/mol. The normalized spacial score (nSPS) is 12.1. The third-order valence-electron chi connectivity index (χ3n) is 6.59. The lowest BCUT2D eigenvalue weighted by atomic mass is 10.1. The van der Waals surface area contributed by atoms with Gasteiger partial charge in [0.25, 0.3) is 0 Å². The van der Waals surface area contributed by atoms with Crippen LogP contribution < -0.4 is 10.6 Å². The van der Waals surface area contributed by atoms with E-state index in [1.807, 2.05) is 30.3 Å². The van der Waals surface area contributed by atoms with Crippen molar-refractivity contribution in [3.63, 3.8) is 0 Å². The molecule has 0 radical (unpaired) electrons. The number of H-pyrrole nitrogens is 1. The Bertz CT molecular complexity index is 1560. The zero-order chi connectivity index (χ0) is 27.0. The van der Waals surface area contributed by atoms with Gasteiger partial charge in [-0.1, -0.05) is 78.9 Å². The largest absolute Gasteiger partial charge is 0.466 e. The highest BCUT2D eigenvalue weighted by Gasteiger charge is 2.12. The quantitative estimate of drug-likeness (QED) is 0.149. The topological polar surface area (TPSA) is 91.9 Å². The zero-order valence-electron chi connectivity index (χ0n) is 22.0. The number of esters is 1. The molecule has 3 aromatic carbocycles. The molecule has 39 heavy (non-hydrogen) atoms. The molecule has 3 N–H and O–H groups in total. The Hall–Kier alpha value is -4.75. The SMILES string of the molecule is COC(=O)/C=C/c1ccc(CNCc2ccc(-c3cc4c(NC(C)c5ccccc5)ncnc4[nH]3)cc2)cc1. The van der Waals surface area contributed by atoms with E-state index in [2.05, 4.69) is 91.8 Å². The second-order valence-electron chi connectivity index (χ2n) is 9.34. The Balaban J connectivity index is 1.19. The molecule has 0 saturated carbocycles. The first-order valence-corrected chi connectivity index (χ1v) is 12.9. The number of aromatic amines is 1. The maximum absolute atomic E-state index is 11.2. The number of aromatic nitrogens is 3. The Kier molecular flexibility index (Phi) is 8.09. The molecule has 1 unspecified atom stereocenters. The molecule has 0 aliphatic rings. The summed E-state index contributed by atoms with van der Waals surface area (Å²) < 4.78 is 4.62. The van der Waals surface area contributed by atoms with Gasteiger partial charge in [-0.05, 0) is 46.9 Å². The summed E-state index contributed by atoms with van der Waals surface area (Å²) in [5.74, 6) is 0.451. The highest BCUT2D eigenvalue weighted by molar-refractivity contribution is 5.91. The van der Waals surface area contributed by atoms with Crippen LogP contribution in [0.5, 0.6) is 0 Å². The van der Waals surface area contributed by atoms with E-state index < -0.39 is 0 Å². The van der Waals surface area contributed by atoms with Crippen molar-refractivity contribution in [1.29, 1.82) is 0 Å². The lowest BCUT2D eigenvalue weighted by molar-refractivity contribution is -0.134. The number of carbonyl (C=O) groups excluding carboxylic acids is 1. The Morgan fingerprint density at radius 3 is 2.33 bits per heavy atom. The van der Waals surface area contributed by atoms with Crippen LogP contribution in [-0.4, -0.2) is 28.0 Å². The number of anilines is 1. The van der Waals surface area contributed by atoms with Gasteiger partial charge in [-0.3, -0.25) is 0 Å². The van der Waals surface area contributed by atoms with Gasteiger partial charge < -0.3 is 20.4 Å². The van der Waals surface area contributed by atoms with Crippen molar-refractivity contribution in [2.24, 2.45) is 0 Å². The second-order valence-corrected chi connectivity index (χ2v) is 9.34. The summed E-state index contributed by atoms with van der Waals surface area (Å²) in [6.07, 6.45) is 4.75. The maximum Gasteiger partial charge on any atom is 0.330 e. The number of nitrogens with zero attached hydrogens (tertiary/aromatic N) is 2. The van der Waals surface area contributed by atoms with Gasteiger partial charge in [0.2, 0.25) is 0 Å². The number of ether oxygens (including phenoxy) is 1. The van der Waals surface area contributed by atoms with E-state index in [1.54, 1.807) is 12.4 Å². The second kappa shape index (κ2) is 12.2. The maximum atomic E-state index is 11.2. The van der Waals surface area contributed by atoms with Gasteiger partial charge in [-0.25, -0.2) is 14.8 Å². The predicted molar refractivity (Wildman–Crippen MR) is 156 cm³/mol. The minimum absolute atomic E-state index is 0.121. The van der Waals surface area contributed by atoms with Crippen molar-refractivity contribution >= 4 is 28.9 Å². The minimum Gasteiger partial charge on any atom is -0.466 e. The van der Waals surface area contributed by atoms with Crippen molar-refractivity contribution in [3.8, 4) is 11.3 Å². The molecular weight excluding hydrogens is 486 g/mol. The summed E-state index contributed by atoms with van der Waals surface area (Å²) in [5, 5.41) is 7.98. The molecule has 5 rings (SSSR count). The van der Waals surface area contributed by atoms with E-state index in [9.17, 15) is 4.79 Å². The van der Waals surface area contributed by atoms with E-state index in [4.69, 9.17) is 0 Å². The molecule has 0 bridgehead atoms. The third-order valence-corrected chi connectivity index (χ3v) is 6.59. The van der Waals surface area contributed by atoms with Crippen LogP contribution in [-0.2, 0) is 22.6 Å². The number of hydrogen-bond acceptors (Lipinski definition) is 6. The molecule has 7 heteroatoms. The van der Waals surface area contributed by atoms with E-state index >= 15 is 0 Å². The van der Waals surface area contributed by atoms with Gasteiger partial charge in [0.15, 0.2) is 0 Å². The van der Waals surface area contributed by atoms with Gasteiger partial charge >= 0.3 is 5.97 Å². The number of benzene rings is 3. The van der Waals surface area contributed by atoms with Crippen LogP contribution in [0.25, 0.3) is 28.4 Å². The van der Waals surface area contributed by atoms with Crippen LogP contribution in [0.2, 0.25) is 0 Å². The Labute approximate surface area is 228 Å². The molecule has 0 fully saturated rings. The molecule has 5 aromatic rings. The van der Waals surface area contributed by atoms with Crippen LogP contribution in [0.3, 0.4) is 0 Å². The fourth-order valence-electron chi connectivity index (χ4n) is 4.37. The fourth-order valence-corrected chi connectivity index (χ4v) is 4.37. The van der Waals surface area contributed by atoms with Crippen LogP contribution in [0, 0.1) is 0 Å². The summed E-state index contributed by atoms with van der Waals surface area (Å²) in [6.45, 7) is 3.64. The third kappa shape index (κ3) is 6.58. The van der Waals surface area contributed by atoms with E-state index in [0.29, 0.717) is 0 Å². The molecular formula is C32H31N5O2. The molecule has 2 aromatic heterocycles. The lowest BCUT2D eigenvalue weighted by Crippen LogP contribution is -2.12. The van der Waals surface area contributed by atoms with Gasteiger partial charge in [0.05, 0.1) is 12.5 Å². The highest BCUT2D eigenvalue weighted by Crippen LogP contribution is 2.29. The average Bonchev–Trinajstić information content (AvgIpc) is 3.43. The molecule has 7 nitrogen and oxygen atoms in total. The highest BCUT2D eigenvalue weighted by atomic mass is 16.5. The first-order chi connectivity index (χ1) is 19.1. The van der Waals surface area contributed by atoms with Gasteiger partial charge in [-0.2, -0.15) is 0 Å². The Morgan fingerprint density at radius 2 is 1.64 bits per heavy atom. The van der Waals surface area contributed by atoms with E-state index in [-0.39, 0.29) is 12.0 Å². The zero-order valence-corrected chi connectivity index (χ0v) is 22.0. The molecule has 0 spiro atoms. The van der Waals surface area contributed by atoms with Crippen molar-refractivity contribution in [3.05, 3.63) is 120 Å². The van der Waals surface area contributed by atoms with Crippen molar-refractivity contribution < 1.29 is 9.53 Å².